The van der Waals surface area contributed by atoms with Crippen molar-refractivity contribution in [3.05, 3.63) is 36.2 Å². The van der Waals surface area contributed by atoms with E-state index in [2.05, 4.69) is 20.3 Å². The van der Waals surface area contributed by atoms with Crippen molar-refractivity contribution >= 4 is 0 Å². The molecule has 1 aliphatic rings. The zero-order chi connectivity index (χ0) is 11.7. The van der Waals surface area contributed by atoms with Gasteiger partial charge in [0.1, 0.15) is 11.6 Å². The highest BCUT2D eigenvalue weighted by Crippen LogP contribution is 2.19. The Balaban J connectivity index is 1.72. The summed E-state index contributed by atoms with van der Waals surface area (Å²) in [6, 6.07) is 3.69. The molecule has 0 radical (unpaired) electrons. The van der Waals surface area contributed by atoms with Crippen molar-refractivity contribution in [2.45, 2.75) is 25.4 Å². The van der Waals surface area contributed by atoms with E-state index in [1.807, 2.05) is 0 Å². The maximum atomic E-state index is 12.7. The molecular formula is C12H13FN4. The van der Waals surface area contributed by atoms with Gasteiger partial charge in [-0.25, -0.2) is 9.37 Å². The number of hydrogen-bond donors (Lipinski definition) is 2. The van der Waals surface area contributed by atoms with Crippen molar-refractivity contribution < 1.29 is 4.39 Å². The Kier molecular flexibility index (Phi) is 2.60. The molecule has 88 valence electrons. The van der Waals surface area contributed by atoms with Crippen LogP contribution in [0.1, 0.15) is 18.7 Å². The largest absolute Gasteiger partial charge is 0.340 e. The molecule has 0 atom stereocenters. The summed E-state index contributed by atoms with van der Waals surface area (Å²) < 4.78 is 12.7. The van der Waals surface area contributed by atoms with Crippen LogP contribution in [0.25, 0.3) is 11.4 Å². The highest BCUT2D eigenvalue weighted by Gasteiger charge is 2.20. The Labute approximate surface area is 98.3 Å². The van der Waals surface area contributed by atoms with E-state index in [1.54, 1.807) is 12.3 Å². The predicted molar refractivity (Wildman–Crippen MR) is 61.6 cm³/mol. The third kappa shape index (κ3) is 2.50. The zero-order valence-electron chi connectivity index (χ0n) is 9.28. The first kappa shape index (κ1) is 10.4. The minimum atomic E-state index is -0.330. The van der Waals surface area contributed by atoms with E-state index in [9.17, 15) is 4.39 Å². The van der Waals surface area contributed by atoms with E-state index in [0.29, 0.717) is 11.7 Å². The molecule has 2 heterocycles. The van der Waals surface area contributed by atoms with Crippen molar-refractivity contribution in [1.29, 1.82) is 0 Å². The number of aromatic amines is 1. The number of halogens is 1. The second-order valence-corrected chi connectivity index (χ2v) is 4.26. The molecule has 2 aromatic heterocycles. The monoisotopic (exact) mass is 232 g/mol. The third-order valence-electron chi connectivity index (χ3n) is 2.77. The third-order valence-corrected chi connectivity index (χ3v) is 2.77. The molecule has 0 amide bonds. The lowest BCUT2D eigenvalue weighted by molar-refractivity contribution is 0.622. The molecule has 5 heteroatoms. The lowest BCUT2D eigenvalue weighted by atomic mass is 10.3. The number of aromatic nitrogens is 3. The highest BCUT2D eigenvalue weighted by atomic mass is 19.1. The SMILES string of the molecule is Fc1ccc(-c2cnc(CNC3CC3)[nH]2)nc1. The second-order valence-electron chi connectivity index (χ2n) is 4.26. The average Bonchev–Trinajstić information content (AvgIpc) is 3.06. The van der Waals surface area contributed by atoms with E-state index in [1.165, 1.54) is 25.1 Å². The summed E-state index contributed by atoms with van der Waals surface area (Å²) in [6.45, 7) is 0.742. The summed E-state index contributed by atoms with van der Waals surface area (Å²) in [6.07, 6.45) is 5.45. The van der Waals surface area contributed by atoms with Gasteiger partial charge in [0.25, 0.3) is 0 Å². The summed E-state index contributed by atoms with van der Waals surface area (Å²) in [4.78, 5) is 11.4. The molecule has 0 saturated heterocycles. The minimum absolute atomic E-state index is 0.330. The average molecular weight is 232 g/mol. The molecule has 3 rings (SSSR count). The van der Waals surface area contributed by atoms with Gasteiger partial charge in [0.05, 0.1) is 30.3 Å². The van der Waals surface area contributed by atoms with Crippen LogP contribution in [-0.2, 0) is 6.54 Å². The maximum absolute atomic E-state index is 12.7. The summed E-state index contributed by atoms with van der Waals surface area (Å²) >= 11 is 0. The second kappa shape index (κ2) is 4.25. The topological polar surface area (TPSA) is 53.6 Å². The lowest BCUT2D eigenvalue weighted by Crippen LogP contribution is -2.16. The Bertz CT molecular complexity index is 501. The molecule has 0 bridgehead atoms. The minimum Gasteiger partial charge on any atom is -0.340 e. The van der Waals surface area contributed by atoms with E-state index < -0.39 is 0 Å². The van der Waals surface area contributed by atoms with Crippen LogP contribution in [0.4, 0.5) is 4.39 Å². The lowest BCUT2D eigenvalue weighted by Gasteiger charge is -1.98. The molecule has 2 aromatic rings. The Morgan fingerprint density at radius 1 is 1.29 bits per heavy atom. The summed E-state index contributed by atoms with van der Waals surface area (Å²) in [5.41, 5.74) is 1.52. The molecule has 17 heavy (non-hydrogen) atoms. The van der Waals surface area contributed by atoms with Gasteiger partial charge >= 0.3 is 0 Å². The number of H-pyrrole nitrogens is 1. The Morgan fingerprint density at radius 3 is 2.88 bits per heavy atom. The highest BCUT2D eigenvalue weighted by molar-refractivity contribution is 5.52. The van der Waals surface area contributed by atoms with Crippen LogP contribution in [0.3, 0.4) is 0 Å². The van der Waals surface area contributed by atoms with Gasteiger partial charge in [0.2, 0.25) is 0 Å². The normalized spacial score (nSPS) is 15.1. The van der Waals surface area contributed by atoms with Crippen LogP contribution in [0, 0.1) is 5.82 Å². The van der Waals surface area contributed by atoms with Gasteiger partial charge in [-0.1, -0.05) is 0 Å². The van der Waals surface area contributed by atoms with Gasteiger partial charge < -0.3 is 10.3 Å². The molecule has 2 N–H and O–H groups in total. The fourth-order valence-electron chi connectivity index (χ4n) is 1.65. The van der Waals surface area contributed by atoms with Gasteiger partial charge in [-0.3, -0.25) is 4.98 Å². The first-order valence-electron chi connectivity index (χ1n) is 5.70. The molecule has 0 spiro atoms. The molecule has 0 aliphatic heterocycles. The molecule has 4 nitrogen and oxygen atoms in total. The van der Waals surface area contributed by atoms with Crippen LogP contribution < -0.4 is 5.32 Å². The van der Waals surface area contributed by atoms with Gasteiger partial charge in [-0.15, -0.1) is 0 Å². The van der Waals surface area contributed by atoms with Crippen molar-refractivity contribution in [3.63, 3.8) is 0 Å². The van der Waals surface area contributed by atoms with Crippen molar-refractivity contribution in [1.82, 2.24) is 20.3 Å². The number of nitrogens with one attached hydrogen (secondary N) is 2. The standard InChI is InChI=1S/C12H13FN4/c13-8-1-4-10(15-5-8)11-6-16-12(17-11)7-14-9-2-3-9/h1,4-6,9,14H,2-3,7H2,(H,16,17). The molecule has 1 aliphatic carbocycles. The van der Waals surface area contributed by atoms with E-state index >= 15 is 0 Å². The van der Waals surface area contributed by atoms with Crippen LogP contribution in [-0.4, -0.2) is 21.0 Å². The van der Waals surface area contributed by atoms with Crippen molar-refractivity contribution in [2.24, 2.45) is 0 Å². The van der Waals surface area contributed by atoms with Gasteiger partial charge in [0.15, 0.2) is 0 Å². The molecule has 1 saturated carbocycles. The van der Waals surface area contributed by atoms with Crippen molar-refractivity contribution in [3.8, 4) is 11.4 Å². The number of hydrogen-bond acceptors (Lipinski definition) is 3. The van der Waals surface area contributed by atoms with Crippen LogP contribution in [0.15, 0.2) is 24.5 Å². The number of pyridine rings is 1. The zero-order valence-corrected chi connectivity index (χ0v) is 9.28. The fraction of sp³-hybridized carbons (Fsp3) is 0.333. The van der Waals surface area contributed by atoms with Crippen LogP contribution in [0.2, 0.25) is 0 Å². The van der Waals surface area contributed by atoms with E-state index in [-0.39, 0.29) is 5.82 Å². The van der Waals surface area contributed by atoms with Gasteiger partial charge in [0, 0.05) is 6.04 Å². The maximum Gasteiger partial charge on any atom is 0.141 e. The quantitative estimate of drug-likeness (QED) is 0.846. The number of rotatable bonds is 4. The predicted octanol–water partition coefficient (Wildman–Crippen LogP) is 1.86. The first-order valence-corrected chi connectivity index (χ1v) is 5.70. The van der Waals surface area contributed by atoms with Gasteiger partial charge in [-0.2, -0.15) is 0 Å². The Hall–Kier alpha value is -1.75. The summed E-state index contributed by atoms with van der Waals surface area (Å²) in [5, 5.41) is 3.37. The first-order chi connectivity index (χ1) is 8.31. The molecule has 0 aromatic carbocycles. The van der Waals surface area contributed by atoms with E-state index in [0.717, 1.165) is 18.1 Å². The van der Waals surface area contributed by atoms with Crippen LogP contribution >= 0.6 is 0 Å². The molecular weight excluding hydrogens is 219 g/mol. The van der Waals surface area contributed by atoms with Crippen LogP contribution in [0.5, 0.6) is 0 Å². The number of nitrogens with zero attached hydrogens (tertiary/aromatic N) is 2. The van der Waals surface area contributed by atoms with Crippen molar-refractivity contribution in [2.75, 3.05) is 0 Å². The van der Waals surface area contributed by atoms with E-state index in [4.69, 9.17) is 0 Å². The molecule has 1 fully saturated rings. The molecule has 0 unspecified atom stereocenters. The fourth-order valence-corrected chi connectivity index (χ4v) is 1.65. The number of imidazole rings is 1. The van der Waals surface area contributed by atoms with Gasteiger partial charge in [-0.05, 0) is 25.0 Å². The Morgan fingerprint density at radius 2 is 2.18 bits per heavy atom. The smallest absolute Gasteiger partial charge is 0.141 e. The summed E-state index contributed by atoms with van der Waals surface area (Å²) in [7, 11) is 0. The summed E-state index contributed by atoms with van der Waals surface area (Å²) in [5.74, 6) is 0.557.